The first kappa shape index (κ1) is 17.1. The van der Waals surface area contributed by atoms with Gasteiger partial charge in [0.1, 0.15) is 17.4 Å². The second-order valence-corrected chi connectivity index (χ2v) is 6.04. The summed E-state index contributed by atoms with van der Waals surface area (Å²) in [7, 11) is 3.12. The van der Waals surface area contributed by atoms with E-state index in [1.807, 2.05) is 13.8 Å². The van der Waals surface area contributed by atoms with Crippen molar-refractivity contribution in [3.63, 3.8) is 0 Å². The molecule has 1 heterocycles. The number of benzene rings is 1. The first-order valence-electron chi connectivity index (χ1n) is 7.78. The summed E-state index contributed by atoms with van der Waals surface area (Å²) in [6.07, 6.45) is 0.516. The maximum atomic E-state index is 12.6. The van der Waals surface area contributed by atoms with Gasteiger partial charge in [0.25, 0.3) is 0 Å². The highest BCUT2D eigenvalue weighted by Crippen LogP contribution is 2.32. The summed E-state index contributed by atoms with van der Waals surface area (Å²) >= 11 is 0. The van der Waals surface area contributed by atoms with E-state index in [1.165, 1.54) is 0 Å². The van der Waals surface area contributed by atoms with Crippen LogP contribution in [0.15, 0.2) is 18.2 Å². The van der Waals surface area contributed by atoms with Crippen LogP contribution < -0.4 is 19.7 Å². The highest BCUT2D eigenvalue weighted by Gasteiger charge is 2.37. The zero-order chi connectivity index (χ0) is 17.0. The Morgan fingerprint density at radius 1 is 1.26 bits per heavy atom. The summed E-state index contributed by atoms with van der Waals surface area (Å²) in [6.45, 7) is 5.13. The molecule has 2 rings (SSSR count). The molecule has 0 spiro atoms. The number of ether oxygens (including phenoxy) is 2. The van der Waals surface area contributed by atoms with Crippen LogP contribution in [0.1, 0.15) is 20.3 Å². The minimum Gasteiger partial charge on any atom is -0.497 e. The van der Waals surface area contributed by atoms with Gasteiger partial charge in [-0.15, -0.1) is 0 Å². The Balaban J connectivity index is 2.14. The smallest absolute Gasteiger partial charge is 0.239 e. The van der Waals surface area contributed by atoms with Gasteiger partial charge in [0.15, 0.2) is 0 Å². The molecule has 0 aromatic heterocycles. The number of carbonyl (C=O) groups excluding carboxylic acids is 2. The van der Waals surface area contributed by atoms with Crippen molar-refractivity contribution in [2.75, 3.05) is 32.2 Å². The first-order chi connectivity index (χ1) is 11.0. The van der Waals surface area contributed by atoms with Crippen LogP contribution in [0.4, 0.5) is 5.69 Å². The molecule has 1 aromatic rings. The van der Waals surface area contributed by atoms with E-state index in [2.05, 4.69) is 5.32 Å². The van der Waals surface area contributed by atoms with Gasteiger partial charge in [0.2, 0.25) is 11.8 Å². The number of amides is 2. The summed E-state index contributed by atoms with van der Waals surface area (Å²) in [5.74, 6) is 0.586. The molecule has 1 saturated heterocycles. The molecule has 126 valence electrons. The van der Waals surface area contributed by atoms with Crippen LogP contribution in [0.5, 0.6) is 11.5 Å². The van der Waals surface area contributed by atoms with Crippen LogP contribution >= 0.6 is 0 Å². The molecule has 0 radical (unpaired) electrons. The Labute approximate surface area is 136 Å². The summed E-state index contributed by atoms with van der Waals surface area (Å²) < 4.78 is 10.5. The molecule has 1 aliphatic heterocycles. The molecule has 23 heavy (non-hydrogen) atoms. The van der Waals surface area contributed by atoms with Crippen molar-refractivity contribution in [3.8, 4) is 11.5 Å². The van der Waals surface area contributed by atoms with Crippen LogP contribution in [0, 0.1) is 11.8 Å². The SMILES string of the molecule is COc1cc(OC)cc(N2CCC(C(=O)NCC(C)C)C2=O)c1. The van der Waals surface area contributed by atoms with Gasteiger partial charge in [-0.3, -0.25) is 9.59 Å². The topological polar surface area (TPSA) is 67.9 Å². The van der Waals surface area contributed by atoms with Crippen LogP contribution in [0.2, 0.25) is 0 Å². The number of anilines is 1. The summed E-state index contributed by atoms with van der Waals surface area (Å²) in [5, 5.41) is 2.84. The molecule has 1 unspecified atom stereocenters. The molecule has 2 amide bonds. The third-order valence-corrected chi connectivity index (χ3v) is 3.85. The third kappa shape index (κ3) is 3.94. The predicted molar refractivity (Wildman–Crippen MR) is 87.9 cm³/mol. The summed E-state index contributed by atoms with van der Waals surface area (Å²) in [5.41, 5.74) is 0.686. The lowest BCUT2D eigenvalue weighted by Gasteiger charge is -2.19. The molecule has 6 heteroatoms. The average Bonchev–Trinajstić information content (AvgIpc) is 2.93. The molecule has 1 aliphatic rings. The molecule has 1 atom stereocenters. The van der Waals surface area contributed by atoms with E-state index in [1.54, 1.807) is 37.3 Å². The van der Waals surface area contributed by atoms with Crippen molar-refractivity contribution in [2.24, 2.45) is 11.8 Å². The van der Waals surface area contributed by atoms with Gasteiger partial charge >= 0.3 is 0 Å². The summed E-state index contributed by atoms with van der Waals surface area (Å²) in [6, 6.07) is 5.29. The molecule has 0 saturated carbocycles. The number of nitrogens with one attached hydrogen (secondary N) is 1. The minimum absolute atomic E-state index is 0.179. The van der Waals surface area contributed by atoms with Crippen LogP contribution in [-0.4, -0.2) is 39.1 Å². The van der Waals surface area contributed by atoms with Crippen molar-refractivity contribution in [2.45, 2.75) is 20.3 Å². The van der Waals surface area contributed by atoms with Gasteiger partial charge < -0.3 is 19.7 Å². The molecule has 1 N–H and O–H groups in total. The highest BCUT2D eigenvalue weighted by molar-refractivity contribution is 6.09. The van der Waals surface area contributed by atoms with Crippen LogP contribution in [0.25, 0.3) is 0 Å². The normalized spacial score (nSPS) is 17.5. The van der Waals surface area contributed by atoms with Gasteiger partial charge in [0, 0.05) is 31.3 Å². The second kappa shape index (κ2) is 7.35. The average molecular weight is 320 g/mol. The standard InChI is InChI=1S/C17H24N2O4/c1-11(2)10-18-16(20)15-5-6-19(17(15)21)12-7-13(22-3)9-14(8-12)23-4/h7-9,11,15H,5-6,10H2,1-4H3,(H,18,20). The van der Waals surface area contributed by atoms with E-state index < -0.39 is 5.92 Å². The maximum Gasteiger partial charge on any atom is 0.239 e. The van der Waals surface area contributed by atoms with Gasteiger partial charge in [0.05, 0.1) is 19.9 Å². The van der Waals surface area contributed by atoms with Crippen LogP contribution in [-0.2, 0) is 9.59 Å². The van der Waals surface area contributed by atoms with Crippen molar-refractivity contribution in [1.29, 1.82) is 0 Å². The van der Waals surface area contributed by atoms with E-state index >= 15 is 0 Å². The van der Waals surface area contributed by atoms with E-state index in [4.69, 9.17) is 9.47 Å². The summed E-state index contributed by atoms with van der Waals surface area (Å²) in [4.78, 5) is 26.4. The van der Waals surface area contributed by atoms with Gasteiger partial charge in [-0.1, -0.05) is 13.8 Å². The van der Waals surface area contributed by atoms with Crippen molar-refractivity contribution < 1.29 is 19.1 Å². The number of rotatable bonds is 6. The molecule has 6 nitrogen and oxygen atoms in total. The largest absolute Gasteiger partial charge is 0.497 e. The molecule has 1 fully saturated rings. The van der Waals surface area contributed by atoms with Gasteiger partial charge in [-0.05, 0) is 12.3 Å². The molecule has 1 aromatic carbocycles. The van der Waals surface area contributed by atoms with E-state index in [0.29, 0.717) is 42.6 Å². The minimum atomic E-state index is -0.619. The van der Waals surface area contributed by atoms with E-state index in [9.17, 15) is 9.59 Å². The monoisotopic (exact) mass is 320 g/mol. The molecule has 0 aliphatic carbocycles. The van der Waals surface area contributed by atoms with Crippen molar-refractivity contribution >= 4 is 17.5 Å². The molecular weight excluding hydrogens is 296 g/mol. The fourth-order valence-electron chi connectivity index (χ4n) is 2.56. The Hall–Kier alpha value is -2.24. The predicted octanol–water partition coefficient (Wildman–Crippen LogP) is 1.83. The van der Waals surface area contributed by atoms with Crippen LogP contribution in [0.3, 0.4) is 0 Å². The lowest BCUT2D eigenvalue weighted by atomic mass is 10.1. The Bertz CT molecular complexity index is 564. The zero-order valence-corrected chi connectivity index (χ0v) is 14.1. The Morgan fingerprint density at radius 2 is 1.87 bits per heavy atom. The number of methoxy groups -OCH3 is 2. The zero-order valence-electron chi connectivity index (χ0n) is 14.1. The fourth-order valence-corrected chi connectivity index (χ4v) is 2.56. The quantitative estimate of drug-likeness (QED) is 0.812. The lowest BCUT2D eigenvalue weighted by Crippen LogP contribution is -2.38. The fraction of sp³-hybridized carbons (Fsp3) is 0.529. The first-order valence-corrected chi connectivity index (χ1v) is 7.78. The van der Waals surface area contributed by atoms with Gasteiger partial charge in [-0.25, -0.2) is 0 Å². The Kier molecular flexibility index (Phi) is 5.47. The third-order valence-electron chi connectivity index (χ3n) is 3.85. The van der Waals surface area contributed by atoms with E-state index in [-0.39, 0.29) is 11.8 Å². The number of hydrogen-bond acceptors (Lipinski definition) is 4. The lowest BCUT2D eigenvalue weighted by molar-refractivity contribution is -0.132. The number of carbonyl (C=O) groups is 2. The Morgan fingerprint density at radius 3 is 2.39 bits per heavy atom. The van der Waals surface area contributed by atoms with Gasteiger partial charge in [-0.2, -0.15) is 0 Å². The van der Waals surface area contributed by atoms with Crippen molar-refractivity contribution in [3.05, 3.63) is 18.2 Å². The van der Waals surface area contributed by atoms with E-state index in [0.717, 1.165) is 0 Å². The van der Waals surface area contributed by atoms with Crippen molar-refractivity contribution in [1.82, 2.24) is 5.32 Å². The molecule has 0 bridgehead atoms. The molecular formula is C17H24N2O4. The maximum absolute atomic E-state index is 12.6. The second-order valence-electron chi connectivity index (χ2n) is 6.04. The number of hydrogen-bond donors (Lipinski definition) is 1. The highest BCUT2D eigenvalue weighted by atomic mass is 16.5. The number of nitrogens with zero attached hydrogens (tertiary/aromatic N) is 1.